The third kappa shape index (κ3) is 6.98. The first-order valence-electron chi connectivity index (χ1n) is 9.45. The molecular weight excluding hydrogens is 471 g/mol. The molecule has 0 unspecified atom stereocenters. The number of nitrogens with two attached hydrogens (primary N) is 1. The fraction of sp³-hybridized carbons (Fsp3) is 0.0435. The van der Waals surface area contributed by atoms with Crippen LogP contribution in [0.2, 0.25) is 5.02 Å². The van der Waals surface area contributed by atoms with Crippen LogP contribution in [0.3, 0.4) is 0 Å². The second-order valence-corrected chi connectivity index (χ2v) is 8.81. The van der Waals surface area contributed by atoms with Crippen molar-refractivity contribution in [2.24, 2.45) is 5.14 Å². The first-order chi connectivity index (χ1) is 15.6. The van der Waals surface area contributed by atoms with E-state index < -0.39 is 34.3 Å². The van der Waals surface area contributed by atoms with E-state index in [4.69, 9.17) is 21.5 Å². The second kappa shape index (κ2) is 10.4. The van der Waals surface area contributed by atoms with E-state index in [1.807, 2.05) is 0 Å². The number of benzene rings is 3. The normalized spacial score (nSPS) is 11.7. The standard InChI is InChI=1S/C23H18ClFN2O5S/c24-17-5-1-15(2-6-17)13-21(16-3-7-18(25)8-4-16)23(29)32-14-22(28)27-19-9-11-20(12-10-19)33(26,30)31/h1-13H,14H2,(H,27,28)(H2,26,30,31)/b21-13+. The van der Waals surface area contributed by atoms with Crippen molar-refractivity contribution < 1.29 is 27.1 Å². The van der Waals surface area contributed by atoms with Gasteiger partial charge in [-0.05, 0) is 65.7 Å². The zero-order chi connectivity index (χ0) is 24.0. The summed E-state index contributed by atoms with van der Waals surface area (Å²) in [6, 6.07) is 17.1. The number of halogens is 2. The SMILES string of the molecule is NS(=O)(=O)c1ccc(NC(=O)COC(=O)/C(=C/c2ccc(Cl)cc2)c2ccc(F)cc2)cc1. The molecule has 0 aliphatic carbocycles. The summed E-state index contributed by atoms with van der Waals surface area (Å²) in [5, 5.41) is 8.03. The highest BCUT2D eigenvalue weighted by atomic mass is 35.5. The zero-order valence-corrected chi connectivity index (χ0v) is 18.6. The predicted octanol–water partition coefficient (Wildman–Crippen LogP) is 3.85. The number of carbonyl (C=O) groups is 2. The fourth-order valence-electron chi connectivity index (χ4n) is 2.75. The van der Waals surface area contributed by atoms with Gasteiger partial charge in [-0.2, -0.15) is 0 Å². The number of rotatable bonds is 7. The van der Waals surface area contributed by atoms with Crippen molar-refractivity contribution in [2.45, 2.75) is 4.90 Å². The summed E-state index contributed by atoms with van der Waals surface area (Å²) < 4.78 is 41.1. The maximum Gasteiger partial charge on any atom is 0.339 e. The molecule has 3 aromatic carbocycles. The Hall–Kier alpha value is -3.53. The van der Waals surface area contributed by atoms with Crippen LogP contribution >= 0.6 is 11.6 Å². The van der Waals surface area contributed by atoms with Gasteiger partial charge >= 0.3 is 5.97 Å². The Morgan fingerprint density at radius 1 is 0.970 bits per heavy atom. The summed E-state index contributed by atoms with van der Waals surface area (Å²) in [7, 11) is -3.86. The van der Waals surface area contributed by atoms with Gasteiger partial charge in [-0.15, -0.1) is 0 Å². The van der Waals surface area contributed by atoms with Gasteiger partial charge in [-0.1, -0.05) is 35.9 Å². The molecule has 3 aromatic rings. The molecule has 7 nitrogen and oxygen atoms in total. The van der Waals surface area contributed by atoms with Crippen LogP contribution in [0.5, 0.6) is 0 Å². The summed E-state index contributed by atoms with van der Waals surface area (Å²) in [4.78, 5) is 24.8. The van der Waals surface area contributed by atoms with E-state index in [9.17, 15) is 22.4 Å². The van der Waals surface area contributed by atoms with Crippen molar-refractivity contribution in [2.75, 3.05) is 11.9 Å². The Morgan fingerprint density at radius 2 is 1.58 bits per heavy atom. The number of esters is 1. The molecule has 0 aliphatic rings. The highest BCUT2D eigenvalue weighted by Gasteiger charge is 2.16. The molecule has 10 heteroatoms. The number of amides is 1. The Kier molecular flexibility index (Phi) is 7.59. The predicted molar refractivity (Wildman–Crippen MR) is 123 cm³/mol. The average Bonchev–Trinajstić information content (AvgIpc) is 2.77. The van der Waals surface area contributed by atoms with Crippen LogP contribution < -0.4 is 10.5 Å². The molecule has 170 valence electrons. The number of nitrogens with one attached hydrogen (secondary N) is 1. The number of ether oxygens (including phenoxy) is 1. The highest BCUT2D eigenvalue weighted by Crippen LogP contribution is 2.22. The second-order valence-electron chi connectivity index (χ2n) is 6.81. The first-order valence-corrected chi connectivity index (χ1v) is 11.4. The lowest BCUT2D eigenvalue weighted by Crippen LogP contribution is -2.21. The molecule has 33 heavy (non-hydrogen) atoms. The molecule has 0 aromatic heterocycles. The van der Waals surface area contributed by atoms with Crippen LogP contribution in [0.15, 0.2) is 77.7 Å². The van der Waals surface area contributed by atoms with Crippen LogP contribution in [0.25, 0.3) is 11.6 Å². The minimum absolute atomic E-state index is 0.108. The molecule has 1 amide bonds. The van der Waals surface area contributed by atoms with Crippen LogP contribution in [0, 0.1) is 5.82 Å². The van der Waals surface area contributed by atoms with Gasteiger partial charge in [0, 0.05) is 10.7 Å². The number of carbonyl (C=O) groups excluding carboxylic acids is 2. The Morgan fingerprint density at radius 3 is 2.15 bits per heavy atom. The topological polar surface area (TPSA) is 116 Å². The van der Waals surface area contributed by atoms with Crippen LogP contribution in [-0.2, 0) is 24.3 Å². The smallest absolute Gasteiger partial charge is 0.339 e. The molecule has 3 N–H and O–H groups in total. The summed E-state index contributed by atoms with van der Waals surface area (Å²) in [5.74, 6) is -1.90. The Bertz CT molecular complexity index is 1290. The van der Waals surface area contributed by atoms with E-state index in [2.05, 4.69) is 5.32 Å². The maximum atomic E-state index is 13.3. The molecule has 0 bridgehead atoms. The van der Waals surface area contributed by atoms with Gasteiger partial charge in [0.2, 0.25) is 10.0 Å². The molecule has 0 radical (unpaired) electrons. The van der Waals surface area contributed by atoms with Gasteiger partial charge in [0.1, 0.15) is 5.82 Å². The summed E-state index contributed by atoms with van der Waals surface area (Å²) in [6.07, 6.45) is 1.54. The average molecular weight is 489 g/mol. The van der Waals surface area contributed by atoms with E-state index in [1.54, 1.807) is 24.3 Å². The van der Waals surface area contributed by atoms with Crippen molar-refractivity contribution in [1.82, 2.24) is 0 Å². The largest absolute Gasteiger partial charge is 0.452 e. The van der Waals surface area contributed by atoms with E-state index in [0.29, 0.717) is 21.8 Å². The lowest BCUT2D eigenvalue weighted by Gasteiger charge is -2.10. The van der Waals surface area contributed by atoms with Crippen molar-refractivity contribution >= 4 is 50.8 Å². The number of hydrogen-bond donors (Lipinski definition) is 2. The van der Waals surface area contributed by atoms with Crippen molar-refractivity contribution in [3.63, 3.8) is 0 Å². The van der Waals surface area contributed by atoms with Gasteiger partial charge in [-0.3, -0.25) is 4.79 Å². The molecule has 3 rings (SSSR count). The van der Waals surface area contributed by atoms with E-state index in [-0.39, 0.29) is 10.5 Å². The molecule has 0 atom stereocenters. The molecule has 0 spiro atoms. The fourth-order valence-corrected chi connectivity index (χ4v) is 3.39. The number of sulfonamides is 1. The molecule has 0 fully saturated rings. The van der Waals surface area contributed by atoms with E-state index >= 15 is 0 Å². The van der Waals surface area contributed by atoms with Gasteiger partial charge in [0.15, 0.2) is 6.61 Å². The van der Waals surface area contributed by atoms with Gasteiger partial charge < -0.3 is 10.1 Å². The third-order valence-electron chi connectivity index (χ3n) is 4.36. The van der Waals surface area contributed by atoms with Gasteiger partial charge in [0.25, 0.3) is 5.91 Å². The first kappa shape index (κ1) is 24.1. The third-order valence-corrected chi connectivity index (χ3v) is 5.54. The van der Waals surface area contributed by atoms with Crippen molar-refractivity contribution in [3.05, 3.63) is 94.8 Å². The molecule has 0 saturated carbocycles. The monoisotopic (exact) mass is 488 g/mol. The highest BCUT2D eigenvalue weighted by molar-refractivity contribution is 7.89. The Balaban J connectivity index is 1.72. The van der Waals surface area contributed by atoms with E-state index in [1.165, 1.54) is 54.6 Å². The molecule has 0 heterocycles. The molecule has 0 saturated heterocycles. The molecule has 0 aliphatic heterocycles. The zero-order valence-electron chi connectivity index (χ0n) is 17.0. The summed E-state index contributed by atoms with van der Waals surface area (Å²) in [6.45, 7) is -0.602. The summed E-state index contributed by atoms with van der Waals surface area (Å²) in [5.41, 5.74) is 1.45. The minimum atomic E-state index is -3.86. The number of hydrogen-bond acceptors (Lipinski definition) is 5. The van der Waals surface area contributed by atoms with Gasteiger partial charge in [0.05, 0.1) is 10.5 Å². The number of anilines is 1. The maximum absolute atomic E-state index is 13.3. The van der Waals surface area contributed by atoms with Crippen molar-refractivity contribution in [3.8, 4) is 0 Å². The van der Waals surface area contributed by atoms with Gasteiger partial charge in [-0.25, -0.2) is 22.7 Å². The lowest BCUT2D eigenvalue weighted by molar-refractivity contribution is -0.141. The quantitative estimate of drug-likeness (QED) is 0.298. The minimum Gasteiger partial charge on any atom is -0.452 e. The van der Waals surface area contributed by atoms with Crippen molar-refractivity contribution in [1.29, 1.82) is 0 Å². The van der Waals surface area contributed by atoms with E-state index in [0.717, 1.165) is 0 Å². The lowest BCUT2D eigenvalue weighted by atomic mass is 10.0. The number of primary sulfonamides is 1. The van der Waals surface area contributed by atoms with Crippen LogP contribution in [0.1, 0.15) is 11.1 Å². The van der Waals surface area contributed by atoms with Crippen LogP contribution in [0.4, 0.5) is 10.1 Å². The Labute approximate surface area is 194 Å². The molecular formula is C23H18ClFN2O5S. The summed E-state index contributed by atoms with van der Waals surface area (Å²) >= 11 is 5.89. The van der Waals surface area contributed by atoms with Crippen LogP contribution in [-0.4, -0.2) is 26.9 Å².